The second-order valence-electron chi connectivity index (χ2n) is 5.05. The van der Waals surface area contributed by atoms with E-state index in [0.29, 0.717) is 13.2 Å². The lowest BCUT2D eigenvalue weighted by molar-refractivity contribution is -0.140. The topological polar surface area (TPSA) is 55.6 Å². The Labute approximate surface area is 120 Å². The molecule has 1 saturated heterocycles. The van der Waals surface area contributed by atoms with Crippen molar-refractivity contribution in [2.45, 2.75) is 31.8 Å². The zero-order valence-corrected chi connectivity index (χ0v) is 11.6. The third-order valence-electron chi connectivity index (χ3n) is 3.58. The molecule has 2 N–H and O–H groups in total. The van der Waals surface area contributed by atoms with Crippen molar-refractivity contribution in [2.24, 2.45) is 5.73 Å². The van der Waals surface area contributed by atoms with E-state index in [9.17, 15) is 18.0 Å². The summed E-state index contributed by atoms with van der Waals surface area (Å²) < 4.78 is 44.4. The summed E-state index contributed by atoms with van der Waals surface area (Å²) in [6.07, 6.45) is -4.86. The molecule has 0 spiro atoms. The minimum absolute atomic E-state index is 0.0109. The lowest BCUT2D eigenvalue weighted by atomic mass is 10.0. The fourth-order valence-electron chi connectivity index (χ4n) is 2.63. The van der Waals surface area contributed by atoms with Crippen LogP contribution in [-0.4, -0.2) is 36.1 Å². The third-order valence-corrected chi connectivity index (χ3v) is 3.58. The SMILES string of the molecule is C[C@H]1OCCN(Cc2ccccc2C(F)(F)F)[C@@H]1C(N)=O. The van der Waals surface area contributed by atoms with Gasteiger partial charge < -0.3 is 10.5 Å². The van der Waals surface area contributed by atoms with Crippen LogP contribution in [0.25, 0.3) is 0 Å². The van der Waals surface area contributed by atoms with E-state index in [2.05, 4.69) is 0 Å². The molecule has 4 nitrogen and oxygen atoms in total. The second-order valence-corrected chi connectivity index (χ2v) is 5.05. The molecule has 0 unspecified atom stereocenters. The molecule has 0 saturated carbocycles. The van der Waals surface area contributed by atoms with Gasteiger partial charge in [0.15, 0.2) is 0 Å². The monoisotopic (exact) mass is 302 g/mol. The summed E-state index contributed by atoms with van der Waals surface area (Å²) in [7, 11) is 0. The Morgan fingerprint density at radius 2 is 2.10 bits per heavy atom. The van der Waals surface area contributed by atoms with Crippen LogP contribution >= 0.6 is 0 Å². The van der Waals surface area contributed by atoms with Crippen LogP contribution in [0.2, 0.25) is 0 Å². The first-order valence-corrected chi connectivity index (χ1v) is 6.61. The number of benzene rings is 1. The molecule has 2 rings (SSSR count). The van der Waals surface area contributed by atoms with Crippen LogP contribution in [0.1, 0.15) is 18.1 Å². The number of amides is 1. The molecule has 1 aliphatic rings. The number of halogens is 3. The molecule has 0 aliphatic carbocycles. The summed E-state index contributed by atoms with van der Waals surface area (Å²) in [4.78, 5) is 13.2. The number of ether oxygens (including phenoxy) is 1. The number of alkyl halides is 3. The van der Waals surface area contributed by atoms with Gasteiger partial charge in [0, 0.05) is 13.1 Å². The normalized spacial score (nSPS) is 24.0. The van der Waals surface area contributed by atoms with Gasteiger partial charge in [-0.25, -0.2) is 0 Å². The first-order valence-electron chi connectivity index (χ1n) is 6.61. The van der Waals surface area contributed by atoms with Crippen LogP contribution in [0.4, 0.5) is 13.2 Å². The van der Waals surface area contributed by atoms with Gasteiger partial charge in [-0.1, -0.05) is 18.2 Å². The standard InChI is InChI=1S/C14H17F3N2O2/c1-9-12(13(18)20)19(6-7-21-9)8-10-4-2-3-5-11(10)14(15,16)17/h2-5,9,12H,6-8H2,1H3,(H2,18,20)/t9-,12+/m1/s1. The average molecular weight is 302 g/mol. The van der Waals surface area contributed by atoms with Crippen molar-refractivity contribution in [3.63, 3.8) is 0 Å². The molecule has 7 heteroatoms. The third kappa shape index (κ3) is 3.54. The van der Waals surface area contributed by atoms with Crippen molar-refractivity contribution in [3.05, 3.63) is 35.4 Å². The van der Waals surface area contributed by atoms with E-state index in [1.807, 2.05) is 0 Å². The van der Waals surface area contributed by atoms with E-state index in [4.69, 9.17) is 10.5 Å². The van der Waals surface area contributed by atoms with Gasteiger partial charge in [-0.15, -0.1) is 0 Å². The molecule has 0 radical (unpaired) electrons. The zero-order chi connectivity index (χ0) is 15.6. The van der Waals surface area contributed by atoms with Crippen LogP contribution in [0.5, 0.6) is 0 Å². The highest BCUT2D eigenvalue weighted by Crippen LogP contribution is 2.33. The van der Waals surface area contributed by atoms with Gasteiger partial charge in [0.25, 0.3) is 0 Å². The molecule has 1 amide bonds. The van der Waals surface area contributed by atoms with E-state index in [-0.39, 0.29) is 12.1 Å². The first kappa shape index (κ1) is 15.8. The predicted octanol–water partition coefficient (Wildman–Crippen LogP) is 1.78. The lowest BCUT2D eigenvalue weighted by Crippen LogP contribution is -2.56. The zero-order valence-electron chi connectivity index (χ0n) is 11.6. The molecule has 1 aromatic carbocycles. The Kier molecular flexibility index (Phi) is 4.53. The minimum Gasteiger partial charge on any atom is -0.375 e. The molecule has 1 heterocycles. The molecular formula is C14H17F3N2O2. The number of primary amides is 1. The van der Waals surface area contributed by atoms with Crippen molar-refractivity contribution in [1.29, 1.82) is 0 Å². The second kappa shape index (κ2) is 6.03. The number of hydrogen-bond acceptors (Lipinski definition) is 3. The molecule has 0 aromatic heterocycles. The average Bonchev–Trinajstić information content (AvgIpc) is 2.37. The first-order chi connectivity index (χ1) is 9.80. The Balaban J connectivity index is 2.26. The van der Waals surface area contributed by atoms with Crippen molar-refractivity contribution < 1.29 is 22.7 Å². The maximum atomic E-state index is 13.0. The maximum Gasteiger partial charge on any atom is 0.416 e. The van der Waals surface area contributed by atoms with E-state index < -0.39 is 29.8 Å². The highest BCUT2D eigenvalue weighted by molar-refractivity contribution is 5.80. The lowest BCUT2D eigenvalue weighted by Gasteiger charge is -2.38. The molecule has 1 fully saturated rings. The van der Waals surface area contributed by atoms with Crippen LogP contribution in [0, 0.1) is 0 Å². The molecule has 21 heavy (non-hydrogen) atoms. The summed E-state index contributed by atoms with van der Waals surface area (Å²) >= 11 is 0. The summed E-state index contributed by atoms with van der Waals surface area (Å²) in [5.41, 5.74) is 4.78. The molecule has 2 atom stereocenters. The van der Waals surface area contributed by atoms with Crippen molar-refractivity contribution >= 4 is 5.91 Å². The van der Waals surface area contributed by atoms with Crippen LogP contribution in [0.15, 0.2) is 24.3 Å². The number of rotatable bonds is 3. The Hall–Kier alpha value is -1.60. The molecule has 1 aromatic rings. The van der Waals surface area contributed by atoms with Gasteiger partial charge in [0.1, 0.15) is 6.04 Å². The highest BCUT2D eigenvalue weighted by atomic mass is 19.4. The predicted molar refractivity (Wildman–Crippen MR) is 70.3 cm³/mol. The molecule has 116 valence electrons. The number of hydrogen-bond donors (Lipinski definition) is 1. The maximum absolute atomic E-state index is 13.0. The molecular weight excluding hydrogens is 285 g/mol. The molecule has 1 aliphatic heterocycles. The van der Waals surface area contributed by atoms with Gasteiger partial charge in [-0.2, -0.15) is 13.2 Å². The minimum atomic E-state index is -4.42. The van der Waals surface area contributed by atoms with Crippen molar-refractivity contribution in [1.82, 2.24) is 4.90 Å². The summed E-state index contributed by atoms with van der Waals surface area (Å²) in [5.74, 6) is -0.591. The van der Waals surface area contributed by atoms with Crippen molar-refractivity contribution in [2.75, 3.05) is 13.2 Å². The Morgan fingerprint density at radius 1 is 1.43 bits per heavy atom. The number of carbonyl (C=O) groups excluding carboxylic acids is 1. The number of morpholine rings is 1. The van der Waals surface area contributed by atoms with Crippen LogP contribution in [-0.2, 0) is 22.3 Å². The number of nitrogens with zero attached hydrogens (tertiary/aromatic N) is 1. The molecule has 0 bridgehead atoms. The van der Waals surface area contributed by atoms with Crippen LogP contribution in [0.3, 0.4) is 0 Å². The summed E-state index contributed by atoms with van der Waals surface area (Å²) in [6, 6.07) is 4.63. The Morgan fingerprint density at radius 3 is 2.71 bits per heavy atom. The van der Waals surface area contributed by atoms with Crippen molar-refractivity contribution in [3.8, 4) is 0 Å². The van der Waals surface area contributed by atoms with Crippen LogP contribution < -0.4 is 5.73 Å². The number of carbonyl (C=O) groups is 1. The van der Waals surface area contributed by atoms with E-state index in [0.717, 1.165) is 6.07 Å². The van der Waals surface area contributed by atoms with Gasteiger partial charge in [0.2, 0.25) is 5.91 Å². The van der Waals surface area contributed by atoms with E-state index in [1.54, 1.807) is 17.9 Å². The Bertz CT molecular complexity index is 519. The highest BCUT2D eigenvalue weighted by Gasteiger charge is 2.37. The fourth-order valence-corrected chi connectivity index (χ4v) is 2.63. The van der Waals surface area contributed by atoms with E-state index >= 15 is 0 Å². The fraction of sp³-hybridized carbons (Fsp3) is 0.500. The van der Waals surface area contributed by atoms with Gasteiger partial charge in [-0.3, -0.25) is 9.69 Å². The van der Waals surface area contributed by atoms with Gasteiger partial charge in [0.05, 0.1) is 18.3 Å². The quantitative estimate of drug-likeness (QED) is 0.926. The van der Waals surface area contributed by atoms with Gasteiger partial charge >= 0.3 is 6.18 Å². The van der Waals surface area contributed by atoms with Gasteiger partial charge in [-0.05, 0) is 18.6 Å². The smallest absolute Gasteiger partial charge is 0.375 e. The largest absolute Gasteiger partial charge is 0.416 e. The number of nitrogens with two attached hydrogens (primary N) is 1. The summed E-state index contributed by atoms with van der Waals surface area (Å²) in [5, 5.41) is 0. The van der Waals surface area contributed by atoms with E-state index in [1.165, 1.54) is 12.1 Å². The summed E-state index contributed by atoms with van der Waals surface area (Å²) in [6.45, 7) is 2.43.